The van der Waals surface area contributed by atoms with E-state index in [1.54, 1.807) is 13.1 Å². The Hall–Kier alpha value is -1.14. The zero-order valence-electron chi connectivity index (χ0n) is 6.03. The van der Waals surface area contributed by atoms with Gasteiger partial charge in [0.05, 0.1) is 0 Å². The zero-order chi connectivity index (χ0) is 8.43. The highest BCUT2D eigenvalue weighted by Crippen LogP contribution is 2.05. The lowest BCUT2D eigenvalue weighted by Gasteiger charge is -2.11. The summed E-state index contributed by atoms with van der Waals surface area (Å²) in [4.78, 5) is 6.52. The quantitative estimate of drug-likeness (QED) is 0.315. The van der Waals surface area contributed by atoms with Gasteiger partial charge in [0.25, 0.3) is 0 Å². The number of anilines is 2. The van der Waals surface area contributed by atoms with Crippen molar-refractivity contribution in [1.29, 1.82) is 0 Å². The number of rotatable bonds is 1. The number of hydrogen-bond acceptors (Lipinski definition) is 5. The molecule has 0 bridgehead atoms. The van der Waals surface area contributed by atoms with Crippen LogP contribution in [0.5, 0.6) is 0 Å². The van der Waals surface area contributed by atoms with Crippen molar-refractivity contribution in [2.45, 2.75) is 0 Å². The van der Waals surface area contributed by atoms with E-state index in [1.807, 2.05) is 0 Å². The van der Waals surface area contributed by atoms with Crippen molar-refractivity contribution in [2.75, 3.05) is 17.8 Å². The number of aromatic amines is 1. The maximum Gasteiger partial charge on any atom is 0.200 e. The zero-order valence-corrected chi connectivity index (χ0v) is 6.85. The third-order valence-electron chi connectivity index (χ3n) is 1.13. The van der Waals surface area contributed by atoms with Gasteiger partial charge in [-0.25, -0.2) is 10.8 Å². The number of nitrogens with zero attached hydrogens (tertiary/aromatic N) is 2. The average molecular weight is 171 g/mol. The SMILES string of the molecule is CN(N)c1cc(=S)nc(N)[nH]1. The molecule has 0 aliphatic rings. The lowest BCUT2D eigenvalue weighted by molar-refractivity contribution is 0.965. The summed E-state index contributed by atoms with van der Waals surface area (Å²) in [6.45, 7) is 0. The van der Waals surface area contributed by atoms with Gasteiger partial charge in [0, 0.05) is 13.1 Å². The predicted octanol–water partition coefficient (Wildman–Crippen LogP) is 0.0313. The summed E-state index contributed by atoms with van der Waals surface area (Å²) in [6.07, 6.45) is 0. The van der Waals surface area contributed by atoms with E-state index in [0.29, 0.717) is 10.5 Å². The van der Waals surface area contributed by atoms with Crippen LogP contribution in [0.15, 0.2) is 6.07 Å². The number of hydrazine groups is 1. The van der Waals surface area contributed by atoms with Gasteiger partial charge in [-0.2, -0.15) is 0 Å². The molecule has 0 saturated carbocycles. The molecule has 0 atom stereocenters. The highest BCUT2D eigenvalue weighted by Gasteiger charge is 1.96. The first-order chi connectivity index (χ1) is 5.09. The van der Waals surface area contributed by atoms with Crippen LogP contribution in [-0.4, -0.2) is 17.0 Å². The highest BCUT2D eigenvalue weighted by molar-refractivity contribution is 7.71. The van der Waals surface area contributed by atoms with Crippen molar-refractivity contribution in [3.8, 4) is 0 Å². The molecule has 1 aromatic rings. The fourth-order valence-electron chi connectivity index (χ4n) is 0.653. The molecule has 1 rings (SSSR count). The van der Waals surface area contributed by atoms with Crippen molar-refractivity contribution in [1.82, 2.24) is 9.97 Å². The Morgan fingerprint density at radius 1 is 1.73 bits per heavy atom. The number of nitrogen functional groups attached to an aromatic ring is 1. The lowest BCUT2D eigenvalue weighted by Crippen LogP contribution is -2.26. The number of hydrogen-bond donors (Lipinski definition) is 3. The maximum atomic E-state index is 5.42. The molecule has 0 aromatic carbocycles. The van der Waals surface area contributed by atoms with Gasteiger partial charge < -0.3 is 10.7 Å². The molecule has 0 saturated heterocycles. The van der Waals surface area contributed by atoms with Crippen LogP contribution in [0.4, 0.5) is 11.8 Å². The van der Waals surface area contributed by atoms with Crippen LogP contribution in [0.2, 0.25) is 0 Å². The number of nitrogens with two attached hydrogens (primary N) is 2. The fraction of sp³-hybridized carbons (Fsp3) is 0.200. The first kappa shape index (κ1) is 7.96. The number of H-pyrrole nitrogens is 1. The van der Waals surface area contributed by atoms with Crippen molar-refractivity contribution in [3.63, 3.8) is 0 Å². The van der Waals surface area contributed by atoms with Crippen molar-refractivity contribution in [3.05, 3.63) is 10.7 Å². The molecule has 0 unspecified atom stereocenters. The van der Waals surface area contributed by atoms with Crippen LogP contribution in [0, 0.1) is 4.64 Å². The molecule has 60 valence electrons. The highest BCUT2D eigenvalue weighted by atomic mass is 32.1. The van der Waals surface area contributed by atoms with E-state index in [1.165, 1.54) is 5.01 Å². The molecule has 1 aromatic heterocycles. The average Bonchev–Trinajstić information content (AvgIpc) is 1.85. The van der Waals surface area contributed by atoms with Gasteiger partial charge in [0.1, 0.15) is 10.5 Å². The number of aromatic nitrogens is 2. The van der Waals surface area contributed by atoms with Gasteiger partial charge in [-0.1, -0.05) is 12.2 Å². The van der Waals surface area contributed by atoms with Gasteiger partial charge in [-0.3, -0.25) is 5.01 Å². The van der Waals surface area contributed by atoms with E-state index in [9.17, 15) is 0 Å². The Morgan fingerprint density at radius 2 is 2.36 bits per heavy atom. The van der Waals surface area contributed by atoms with Crippen LogP contribution < -0.4 is 16.6 Å². The first-order valence-corrected chi connectivity index (χ1v) is 3.35. The standard InChI is InChI=1S/C5H9N5S/c1-10(7)3-2-4(11)9-5(6)8-3/h2H,7H2,1H3,(H3,6,8,9,11). The Morgan fingerprint density at radius 3 is 2.82 bits per heavy atom. The first-order valence-electron chi connectivity index (χ1n) is 2.95. The van der Waals surface area contributed by atoms with Crippen molar-refractivity contribution in [2.24, 2.45) is 5.84 Å². The van der Waals surface area contributed by atoms with E-state index in [4.69, 9.17) is 23.8 Å². The van der Waals surface area contributed by atoms with E-state index < -0.39 is 0 Å². The summed E-state index contributed by atoms with van der Waals surface area (Å²) in [5.41, 5.74) is 5.38. The van der Waals surface area contributed by atoms with Crippen LogP contribution in [-0.2, 0) is 0 Å². The second-order valence-corrected chi connectivity index (χ2v) is 2.52. The molecule has 6 heteroatoms. The van der Waals surface area contributed by atoms with E-state index in [0.717, 1.165) is 0 Å². The third kappa shape index (κ3) is 1.89. The normalized spacial score (nSPS) is 9.64. The second-order valence-electron chi connectivity index (χ2n) is 2.10. The summed E-state index contributed by atoms with van der Waals surface area (Å²) < 4.78 is 0.425. The van der Waals surface area contributed by atoms with Crippen LogP contribution >= 0.6 is 12.2 Å². The Balaban J connectivity index is 3.19. The molecular weight excluding hydrogens is 162 g/mol. The monoisotopic (exact) mass is 171 g/mol. The lowest BCUT2D eigenvalue weighted by atomic mass is 10.6. The predicted molar refractivity (Wildman–Crippen MR) is 46.4 cm³/mol. The molecule has 5 N–H and O–H groups in total. The van der Waals surface area contributed by atoms with Gasteiger partial charge in [-0.15, -0.1) is 0 Å². The van der Waals surface area contributed by atoms with E-state index in [2.05, 4.69) is 9.97 Å². The fourth-order valence-corrected chi connectivity index (χ4v) is 0.863. The molecule has 0 aliphatic carbocycles. The van der Waals surface area contributed by atoms with Crippen LogP contribution in [0.25, 0.3) is 0 Å². The van der Waals surface area contributed by atoms with E-state index in [-0.39, 0.29) is 5.95 Å². The Kier molecular flexibility index (Phi) is 2.06. The largest absolute Gasteiger partial charge is 0.369 e. The molecule has 0 fully saturated rings. The molecule has 0 amide bonds. The van der Waals surface area contributed by atoms with Gasteiger partial charge in [-0.05, 0) is 0 Å². The minimum Gasteiger partial charge on any atom is -0.369 e. The number of nitrogens with one attached hydrogen (secondary N) is 1. The Bertz CT molecular complexity index is 304. The minimum absolute atomic E-state index is 0.268. The van der Waals surface area contributed by atoms with Crippen LogP contribution in [0.1, 0.15) is 0 Å². The molecule has 0 radical (unpaired) electrons. The molecule has 11 heavy (non-hydrogen) atoms. The van der Waals surface area contributed by atoms with Crippen LogP contribution in [0.3, 0.4) is 0 Å². The van der Waals surface area contributed by atoms with Crippen molar-refractivity contribution < 1.29 is 0 Å². The summed E-state index contributed by atoms with van der Waals surface area (Å²) in [5, 5.41) is 1.38. The van der Waals surface area contributed by atoms with E-state index >= 15 is 0 Å². The van der Waals surface area contributed by atoms with Crippen molar-refractivity contribution >= 4 is 24.0 Å². The second kappa shape index (κ2) is 2.85. The molecule has 0 spiro atoms. The summed E-state index contributed by atoms with van der Waals surface area (Å²) in [6, 6.07) is 1.63. The molecular formula is C5H9N5S. The van der Waals surface area contributed by atoms with Gasteiger partial charge in [0.2, 0.25) is 0 Å². The summed E-state index contributed by atoms with van der Waals surface area (Å²) in [5.74, 6) is 6.33. The third-order valence-corrected chi connectivity index (χ3v) is 1.34. The van der Waals surface area contributed by atoms with Gasteiger partial charge in [0.15, 0.2) is 5.95 Å². The summed E-state index contributed by atoms with van der Waals surface area (Å²) >= 11 is 4.81. The Labute approximate surface area is 69.0 Å². The molecule has 1 heterocycles. The minimum atomic E-state index is 0.268. The molecule has 0 aliphatic heterocycles. The topological polar surface area (TPSA) is 84.0 Å². The van der Waals surface area contributed by atoms with Gasteiger partial charge >= 0.3 is 0 Å². The maximum absolute atomic E-state index is 5.42. The smallest absolute Gasteiger partial charge is 0.200 e. The molecule has 5 nitrogen and oxygen atoms in total. The summed E-state index contributed by atoms with van der Waals surface area (Å²) in [7, 11) is 1.68.